The molecule has 2 atom stereocenters. The number of non-ortho nitro benzene ring substituents is 1. The number of hydrogen-bond acceptors (Lipinski definition) is 6. The molecule has 2 fully saturated rings. The van der Waals surface area contributed by atoms with E-state index in [1.54, 1.807) is 11.0 Å². The van der Waals surface area contributed by atoms with Crippen LogP contribution in [0.5, 0.6) is 0 Å². The molecule has 158 valence electrons. The van der Waals surface area contributed by atoms with Crippen molar-refractivity contribution in [3.8, 4) is 0 Å². The summed E-state index contributed by atoms with van der Waals surface area (Å²) in [4.78, 5) is 41.8. The van der Waals surface area contributed by atoms with Crippen molar-refractivity contribution in [3.63, 3.8) is 0 Å². The predicted molar refractivity (Wildman–Crippen MR) is 117 cm³/mol. The Morgan fingerprint density at radius 2 is 1.87 bits per heavy atom. The summed E-state index contributed by atoms with van der Waals surface area (Å²) in [6.45, 7) is 0. The Hall–Kier alpha value is -3.33. The molecule has 8 nitrogen and oxygen atoms in total. The number of fused-ring (bicyclic) bond motifs is 1. The summed E-state index contributed by atoms with van der Waals surface area (Å²) in [6, 6.07) is 13.4. The number of carbonyl (C=O) groups excluding carboxylic acids is 2. The molecule has 0 bridgehead atoms. The monoisotopic (exact) mass is 436 g/mol. The van der Waals surface area contributed by atoms with E-state index in [1.807, 2.05) is 42.3 Å². The minimum atomic E-state index is -1.48. The van der Waals surface area contributed by atoms with E-state index in [1.165, 1.54) is 12.1 Å². The Balaban J connectivity index is 1.73. The van der Waals surface area contributed by atoms with Crippen LogP contribution in [0.4, 0.5) is 11.4 Å². The number of carbonyl (C=O) groups is 2. The van der Waals surface area contributed by atoms with Crippen LogP contribution in [0.25, 0.3) is 0 Å². The number of anilines is 1. The maximum absolute atomic E-state index is 14.0. The number of benzene rings is 2. The van der Waals surface area contributed by atoms with Crippen LogP contribution in [0.3, 0.4) is 0 Å². The SMILES string of the molecule is CN1c2ccc([N+](=O)[O-])cc2CC2(C(=O)NC(=S)N(C3CC3)C2=O)C1c1ccccc1. The summed E-state index contributed by atoms with van der Waals surface area (Å²) in [5.41, 5.74) is 0.621. The van der Waals surface area contributed by atoms with Crippen molar-refractivity contribution in [2.45, 2.75) is 31.3 Å². The normalized spacial score (nSPS) is 25.5. The molecule has 0 radical (unpaired) electrons. The van der Waals surface area contributed by atoms with Crippen LogP contribution >= 0.6 is 12.2 Å². The molecule has 2 unspecified atom stereocenters. The molecule has 1 saturated carbocycles. The molecule has 5 rings (SSSR count). The maximum Gasteiger partial charge on any atom is 0.269 e. The number of nitrogens with zero attached hydrogens (tertiary/aromatic N) is 3. The van der Waals surface area contributed by atoms with E-state index in [9.17, 15) is 19.7 Å². The van der Waals surface area contributed by atoms with Crippen LogP contribution in [-0.4, -0.2) is 39.8 Å². The number of rotatable bonds is 3. The average Bonchev–Trinajstić information content (AvgIpc) is 3.57. The van der Waals surface area contributed by atoms with Gasteiger partial charge in [-0.25, -0.2) is 0 Å². The smallest absolute Gasteiger partial charge is 0.269 e. The average molecular weight is 436 g/mol. The van der Waals surface area contributed by atoms with Gasteiger partial charge >= 0.3 is 0 Å². The number of nitrogens with one attached hydrogen (secondary N) is 1. The molecule has 2 amide bonds. The molecule has 3 aliphatic rings. The molecule has 1 aliphatic carbocycles. The summed E-state index contributed by atoms with van der Waals surface area (Å²) in [5, 5.41) is 14.3. The Morgan fingerprint density at radius 1 is 1.16 bits per heavy atom. The zero-order valence-electron chi connectivity index (χ0n) is 16.8. The van der Waals surface area contributed by atoms with Gasteiger partial charge in [-0.3, -0.25) is 24.6 Å². The third kappa shape index (κ3) is 2.83. The lowest BCUT2D eigenvalue weighted by molar-refractivity contribution is -0.384. The lowest BCUT2D eigenvalue weighted by Gasteiger charge is -2.51. The minimum absolute atomic E-state index is 0.00860. The van der Waals surface area contributed by atoms with Gasteiger partial charge in [0.15, 0.2) is 10.5 Å². The molecule has 1 spiro atoms. The molecular formula is C22H20N4O4S. The molecule has 2 aliphatic heterocycles. The molecule has 1 saturated heterocycles. The van der Waals surface area contributed by atoms with Crippen molar-refractivity contribution in [1.29, 1.82) is 0 Å². The number of nitro groups is 1. The van der Waals surface area contributed by atoms with E-state index >= 15 is 0 Å². The first-order valence-corrected chi connectivity index (χ1v) is 10.5. The molecule has 2 heterocycles. The Morgan fingerprint density at radius 3 is 2.52 bits per heavy atom. The van der Waals surface area contributed by atoms with Gasteiger partial charge in [0, 0.05) is 37.3 Å². The molecule has 1 N–H and O–H groups in total. The number of nitro benzene ring substituents is 1. The third-order valence-electron chi connectivity index (χ3n) is 6.45. The van der Waals surface area contributed by atoms with Crippen molar-refractivity contribution >= 4 is 40.5 Å². The van der Waals surface area contributed by atoms with Gasteiger partial charge in [-0.05, 0) is 42.3 Å². The summed E-state index contributed by atoms with van der Waals surface area (Å²) in [6.07, 6.45) is 1.74. The molecule has 31 heavy (non-hydrogen) atoms. The zero-order chi connectivity index (χ0) is 21.9. The molecule has 2 aromatic carbocycles. The predicted octanol–water partition coefficient (Wildman–Crippen LogP) is 2.72. The maximum atomic E-state index is 14.0. The topological polar surface area (TPSA) is 95.8 Å². The van der Waals surface area contributed by atoms with Crippen LogP contribution in [0.1, 0.15) is 30.0 Å². The lowest BCUT2D eigenvalue weighted by Crippen LogP contribution is -2.69. The van der Waals surface area contributed by atoms with E-state index in [-0.39, 0.29) is 29.2 Å². The van der Waals surface area contributed by atoms with Crippen molar-refractivity contribution in [2.24, 2.45) is 5.41 Å². The Bertz CT molecular complexity index is 1130. The number of amides is 2. The molecular weight excluding hydrogens is 416 g/mol. The fraction of sp³-hybridized carbons (Fsp3) is 0.318. The quantitative estimate of drug-likeness (QED) is 0.344. The number of hydrogen-bond donors (Lipinski definition) is 1. The Kier molecular flexibility index (Phi) is 4.33. The molecule has 2 aromatic rings. The van der Waals surface area contributed by atoms with E-state index < -0.39 is 22.3 Å². The van der Waals surface area contributed by atoms with Gasteiger partial charge in [-0.1, -0.05) is 30.3 Å². The second-order valence-electron chi connectivity index (χ2n) is 8.31. The van der Waals surface area contributed by atoms with Crippen LogP contribution in [0, 0.1) is 15.5 Å². The van der Waals surface area contributed by atoms with Crippen LogP contribution in [0.15, 0.2) is 48.5 Å². The van der Waals surface area contributed by atoms with Gasteiger partial charge < -0.3 is 10.2 Å². The van der Waals surface area contributed by atoms with E-state index in [4.69, 9.17) is 12.2 Å². The number of thiocarbonyl (C=S) groups is 1. The molecule has 9 heteroatoms. The largest absolute Gasteiger partial charge is 0.366 e. The van der Waals surface area contributed by atoms with Crippen molar-refractivity contribution < 1.29 is 14.5 Å². The fourth-order valence-corrected chi connectivity index (χ4v) is 5.24. The first-order valence-electron chi connectivity index (χ1n) is 10.1. The minimum Gasteiger partial charge on any atom is -0.366 e. The van der Waals surface area contributed by atoms with Gasteiger partial charge in [-0.15, -0.1) is 0 Å². The highest BCUT2D eigenvalue weighted by atomic mass is 32.1. The van der Waals surface area contributed by atoms with Gasteiger partial charge in [0.05, 0.1) is 11.0 Å². The summed E-state index contributed by atoms with van der Waals surface area (Å²) >= 11 is 5.34. The van der Waals surface area contributed by atoms with Crippen molar-refractivity contribution in [1.82, 2.24) is 10.2 Å². The van der Waals surface area contributed by atoms with Crippen LogP contribution in [-0.2, 0) is 16.0 Å². The van der Waals surface area contributed by atoms with E-state index in [2.05, 4.69) is 5.32 Å². The van der Waals surface area contributed by atoms with Crippen LogP contribution < -0.4 is 10.2 Å². The Labute approximate surface area is 184 Å². The molecule has 0 aromatic heterocycles. The summed E-state index contributed by atoms with van der Waals surface area (Å²) in [7, 11) is 1.82. The highest BCUT2D eigenvalue weighted by molar-refractivity contribution is 7.80. The zero-order valence-corrected chi connectivity index (χ0v) is 17.6. The second kappa shape index (κ2) is 6.84. The van der Waals surface area contributed by atoms with E-state index in [0.29, 0.717) is 5.56 Å². The summed E-state index contributed by atoms with van der Waals surface area (Å²) < 4.78 is 0. The highest BCUT2D eigenvalue weighted by Crippen LogP contribution is 2.52. The first kappa shape index (κ1) is 19.6. The van der Waals surface area contributed by atoms with Gasteiger partial charge in [0.2, 0.25) is 11.8 Å². The first-order chi connectivity index (χ1) is 14.8. The van der Waals surface area contributed by atoms with Crippen LogP contribution in [0.2, 0.25) is 0 Å². The van der Waals surface area contributed by atoms with E-state index in [0.717, 1.165) is 24.1 Å². The highest BCUT2D eigenvalue weighted by Gasteiger charge is 2.62. The van der Waals surface area contributed by atoms with Gasteiger partial charge in [0.1, 0.15) is 0 Å². The third-order valence-corrected chi connectivity index (χ3v) is 6.75. The van der Waals surface area contributed by atoms with Crippen molar-refractivity contribution in [3.05, 3.63) is 69.8 Å². The summed E-state index contributed by atoms with van der Waals surface area (Å²) in [5.74, 6) is -0.793. The van der Waals surface area contributed by atoms with Crippen molar-refractivity contribution in [2.75, 3.05) is 11.9 Å². The lowest BCUT2D eigenvalue weighted by atomic mass is 9.66. The van der Waals surface area contributed by atoms with Gasteiger partial charge in [-0.2, -0.15) is 0 Å². The standard InChI is InChI=1S/C22H20N4O4S/c1-24-17-10-9-16(26(29)30)11-14(17)12-22(18(24)13-5-3-2-4-6-13)19(27)23-21(31)25(20(22)28)15-7-8-15/h2-6,9-11,15,18H,7-8,12H2,1H3,(H,23,27,31). The second-order valence-corrected chi connectivity index (χ2v) is 8.69. The fourth-order valence-electron chi connectivity index (χ4n) is 4.92. The van der Waals surface area contributed by atoms with Gasteiger partial charge in [0.25, 0.3) is 5.69 Å².